The van der Waals surface area contributed by atoms with E-state index in [1.807, 2.05) is 0 Å². The molecule has 0 amide bonds. The summed E-state index contributed by atoms with van der Waals surface area (Å²) in [5.41, 5.74) is -1.50. The molecule has 2 nitrogen and oxygen atoms in total. The second-order valence-electron chi connectivity index (χ2n) is 4.66. The van der Waals surface area contributed by atoms with Gasteiger partial charge in [-0.25, -0.2) is 9.37 Å². The third-order valence-corrected chi connectivity index (χ3v) is 3.72. The summed E-state index contributed by atoms with van der Waals surface area (Å²) < 4.78 is 54.0. The predicted molar refractivity (Wildman–Crippen MR) is 62.5 cm³/mol. The van der Waals surface area contributed by atoms with E-state index < -0.39 is 17.5 Å². The van der Waals surface area contributed by atoms with Gasteiger partial charge in [0.25, 0.3) is 0 Å². The van der Waals surface area contributed by atoms with Crippen molar-refractivity contribution in [2.24, 2.45) is 0 Å². The van der Waals surface area contributed by atoms with Gasteiger partial charge in [0.15, 0.2) is 0 Å². The lowest BCUT2D eigenvalue weighted by molar-refractivity contribution is -0.179. The zero-order valence-electron chi connectivity index (χ0n) is 9.64. The van der Waals surface area contributed by atoms with E-state index in [0.717, 1.165) is 10.6 Å². The molecule has 0 atom stereocenters. The van der Waals surface area contributed by atoms with Crippen LogP contribution in [0, 0.1) is 5.82 Å². The third-order valence-electron chi connectivity index (χ3n) is 3.48. The van der Waals surface area contributed by atoms with Crippen molar-refractivity contribution in [3.8, 4) is 0 Å². The predicted octanol–water partition coefficient (Wildman–Crippen LogP) is 3.97. The molecule has 0 bridgehead atoms. The standard InChI is InChI=1S/C12H9ClF4N2/c13-6-10-18-8-2-1-7(14)5-9(8)19(10)11(3-4-11)12(15,16)17/h1-2,5H,3-4,6H2. The number of fused-ring (bicyclic) bond motifs is 1. The summed E-state index contributed by atoms with van der Waals surface area (Å²) in [6, 6.07) is 3.61. The summed E-state index contributed by atoms with van der Waals surface area (Å²) in [5.74, 6) is -0.612. The van der Waals surface area contributed by atoms with Crippen LogP contribution in [0.3, 0.4) is 0 Å². The van der Waals surface area contributed by atoms with Gasteiger partial charge in [-0.05, 0) is 31.0 Å². The summed E-state index contributed by atoms with van der Waals surface area (Å²) in [6.07, 6.45) is -4.45. The Hall–Kier alpha value is -1.30. The molecule has 0 radical (unpaired) electrons. The fraction of sp³-hybridized carbons (Fsp3) is 0.417. The van der Waals surface area contributed by atoms with Crippen molar-refractivity contribution >= 4 is 22.6 Å². The summed E-state index contributed by atoms with van der Waals surface area (Å²) >= 11 is 5.68. The highest BCUT2D eigenvalue weighted by molar-refractivity contribution is 6.16. The first-order valence-corrected chi connectivity index (χ1v) is 6.22. The van der Waals surface area contributed by atoms with Crippen LogP contribution in [-0.2, 0) is 11.4 Å². The van der Waals surface area contributed by atoms with Crippen molar-refractivity contribution < 1.29 is 17.6 Å². The van der Waals surface area contributed by atoms with Crippen LogP contribution in [0.4, 0.5) is 17.6 Å². The summed E-state index contributed by atoms with van der Waals surface area (Å²) in [7, 11) is 0. The van der Waals surface area contributed by atoms with Crippen LogP contribution in [0.15, 0.2) is 18.2 Å². The van der Waals surface area contributed by atoms with E-state index >= 15 is 0 Å². The summed E-state index contributed by atoms with van der Waals surface area (Å²) in [5, 5.41) is 0. The van der Waals surface area contributed by atoms with Gasteiger partial charge in [0.1, 0.15) is 17.2 Å². The van der Waals surface area contributed by atoms with Gasteiger partial charge in [0, 0.05) is 0 Å². The summed E-state index contributed by atoms with van der Waals surface area (Å²) in [6.45, 7) is 0. The maximum absolute atomic E-state index is 13.3. The van der Waals surface area contributed by atoms with Gasteiger partial charge in [0.2, 0.25) is 0 Å². The Morgan fingerprint density at radius 1 is 1.32 bits per heavy atom. The quantitative estimate of drug-likeness (QED) is 0.605. The molecule has 0 saturated heterocycles. The smallest absolute Gasteiger partial charge is 0.311 e. The topological polar surface area (TPSA) is 17.8 Å². The molecule has 1 aromatic heterocycles. The molecule has 0 aliphatic heterocycles. The maximum atomic E-state index is 13.3. The Bertz CT molecular complexity index is 643. The highest BCUT2D eigenvalue weighted by Crippen LogP contribution is 2.57. The largest absolute Gasteiger partial charge is 0.412 e. The fourth-order valence-corrected chi connectivity index (χ4v) is 2.60. The second-order valence-corrected chi connectivity index (χ2v) is 4.93. The minimum absolute atomic E-state index is 0.0254. The molecule has 7 heteroatoms. The van der Waals surface area contributed by atoms with Crippen molar-refractivity contribution in [3.63, 3.8) is 0 Å². The Balaban J connectivity index is 2.30. The van der Waals surface area contributed by atoms with Crippen molar-refractivity contribution in [1.82, 2.24) is 9.55 Å². The Morgan fingerprint density at radius 3 is 2.53 bits per heavy atom. The molecule has 1 aliphatic carbocycles. The zero-order valence-corrected chi connectivity index (χ0v) is 10.4. The molecule has 2 aromatic rings. The summed E-state index contributed by atoms with van der Waals surface area (Å²) in [4.78, 5) is 4.06. The van der Waals surface area contributed by atoms with Crippen molar-refractivity contribution in [3.05, 3.63) is 29.8 Å². The molecular weight excluding hydrogens is 284 g/mol. The molecule has 1 aromatic carbocycles. The number of rotatable bonds is 2. The van der Waals surface area contributed by atoms with Gasteiger partial charge >= 0.3 is 6.18 Å². The van der Waals surface area contributed by atoms with Crippen LogP contribution in [0.1, 0.15) is 18.7 Å². The van der Waals surface area contributed by atoms with Crippen molar-refractivity contribution in [2.75, 3.05) is 0 Å². The molecule has 1 fully saturated rings. The van der Waals surface area contributed by atoms with Gasteiger partial charge in [-0.2, -0.15) is 13.2 Å². The monoisotopic (exact) mass is 292 g/mol. The Morgan fingerprint density at radius 2 is 2.00 bits per heavy atom. The number of nitrogens with zero attached hydrogens (tertiary/aromatic N) is 2. The highest BCUT2D eigenvalue weighted by atomic mass is 35.5. The molecular formula is C12H9ClF4N2. The number of alkyl halides is 4. The minimum atomic E-state index is -4.40. The molecule has 102 valence electrons. The first-order chi connectivity index (χ1) is 8.89. The molecule has 19 heavy (non-hydrogen) atoms. The Kier molecular flexibility index (Phi) is 2.58. The van der Waals surface area contributed by atoms with Gasteiger partial charge in [0.05, 0.1) is 16.9 Å². The van der Waals surface area contributed by atoms with Crippen LogP contribution in [0.5, 0.6) is 0 Å². The van der Waals surface area contributed by atoms with E-state index in [4.69, 9.17) is 11.6 Å². The molecule has 3 rings (SSSR count). The van der Waals surface area contributed by atoms with Crippen LogP contribution < -0.4 is 0 Å². The number of hydrogen-bond acceptors (Lipinski definition) is 1. The van der Waals surface area contributed by atoms with Crippen LogP contribution in [0.25, 0.3) is 11.0 Å². The average molecular weight is 293 g/mol. The van der Waals surface area contributed by atoms with E-state index in [9.17, 15) is 17.6 Å². The lowest BCUT2D eigenvalue weighted by Gasteiger charge is -2.23. The lowest BCUT2D eigenvalue weighted by Crippen LogP contribution is -2.35. The van der Waals surface area contributed by atoms with Gasteiger partial charge in [-0.15, -0.1) is 11.6 Å². The maximum Gasteiger partial charge on any atom is 0.412 e. The van der Waals surface area contributed by atoms with E-state index in [1.165, 1.54) is 12.1 Å². The normalized spacial score (nSPS) is 17.9. The lowest BCUT2D eigenvalue weighted by atomic mass is 10.2. The first kappa shape index (κ1) is 12.7. The first-order valence-electron chi connectivity index (χ1n) is 5.69. The van der Waals surface area contributed by atoms with E-state index in [1.54, 1.807) is 0 Å². The number of hydrogen-bond donors (Lipinski definition) is 0. The van der Waals surface area contributed by atoms with E-state index in [0.29, 0.717) is 5.52 Å². The molecule has 0 N–H and O–H groups in total. The number of halogens is 5. The van der Waals surface area contributed by atoms with Gasteiger partial charge < -0.3 is 4.57 Å². The van der Waals surface area contributed by atoms with Crippen LogP contribution >= 0.6 is 11.6 Å². The zero-order chi connectivity index (χ0) is 13.8. The molecule has 1 aliphatic rings. The van der Waals surface area contributed by atoms with Gasteiger partial charge in [-0.1, -0.05) is 0 Å². The highest BCUT2D eigenvalue weighted by Gasteiger charge is 2.65. The third kappa shape index (κ3) is 1.73. The van der Waals surface area contributed by atoms with Crippen LogP contribution in [0.2, 0.25) is 0 Å². The molecule has 0 spiro atoms. The molecule has 0 unspecified atom stereocenters. The SMILES string of the molecule is Fc1ccc2nc(CCl)n(C3(C(F)(F)F)CC3)c2c1. The minimum Gasteiger partial charge on any atom is -0.311 e. The number of imidazole rings is 1. The van der Waals surface area contributed by atoms with Gasteiger partial charge in [-0.3, -0.25) is 0 Å². The molecule has 1 heterocycles. The fourth-order valence-electron chi connectivity index (χ4n) is 2.42. The average Bonchev–Trinajstić information content (AvgIpc) is 3.05. The van der Waals surface area contributed by atoms with E-state index in [-0.39, 0.29) is 30.1 Å². The van der Waals surface area contributed by atoms with Crippen molar-refractivity contribution in [2.45, 2.75) is 30.4 Å². The number of benzene rings is 1. The molecule has 1 saturated carbocycles. The second kappa shape index (κ2) is 3.85. The van der Waals surface area contributed by atoms with E-state index in [2.05, 4.69) is 4.98 Å². The van der Waals surface area contributed by atoms with Crippen molar-refractivity contribution in [1.29, 1.82) is 0 Å². The Labute approximate surface area is 111 Å². The van der Waals surface area contributed by atoms with Crippen LogP contribution in [-0.4, -0.2) is 15.7 Å². The number of aromatic nitrogens is 2.